The summed E-state index contributed by atoms with van der Waals surface area (Å²) in [6, 6.07) is 10.1. The van der Waals surface area contributed by atoms with Crippen molar-refractivity contribution < 1.29 is 14.2 Å². The van der Waals surface area contributed by atoms with E-state index in [1.807, 2.05) is 25.1 Å². The molecule has 0 saturated heterocycles. The fraction of sp³-hybridized carbons (Fsp3) is 0.478. The molecule has 7 heteroatoms. The van der Waals surface area contributed by atoms with Crippen LogP contribution in [0.5, 0.6) is 11.6 Å². The van der Waals surface area contributed by atoms with Gasteiger partial charge < -0.3 is 24.8 Å². The minimum Gasteiger partial charge on any atom is -0.491 e. The van der Waals surface area contributed by atoms with E-state index in [2.05, 4.69) is 46.6 Å². The Bertz CT molecular complexity index is 796. The summed E-state index contributed by atoms with van der Waals surface area (Å²) >= 11 is 0. The van der Waals surface area contributed by atoms with Gasteiger partial charge in [-0.15, -0.1) is 0 Å². The van der Waals surface area contributed by atoms with Crippen LogP contribution in [-0.2, 0) is 17.8 Å². The predicted molar refractivity (Wildman–Crippen MR) is 120 cm³/mol. The summed E-state index contributed by atoms with van der Waals surface area (Å²) in [4.78, 5) is 8.64. The number of pyridine rings is 1. The summed E-state index contributed by atoms with van der Waals surface area (Å²) in [5, 5.41) is 6.67. The molecule has 1 aromatic carbocycles. The van der Waals surface area contributed by atoms with Gasteiger partial charge in [-0.3, -0.25) is 4.99 Å². The van der Waals surface area contributed by atoms with E-state index in [9.17, 15) is 0 Å². The molecule has 164 valence electrons. The van der Waals surface area contributed by atoms with E-state index in [0.29, 0.717) is 51.4 Å². The maximum absolute atomic E-state index is 5.92. The van der Waals surface area contributed by atoms with Crippen molar-refractivity contribution in [1.82, 2.24) is 15.6 Å². The molecule has 1 heterocycles. The van der Waals surface area contributed by atoms with Gasteiger partial charge in [0.1, 0.15) is 12.4 Å². The first-order valence-electron chi connectivity index (χ1n) is 10.5. The van der Waals surface area contributed by atoms with Crippen molar-refractivity contribution in [3.8, 4) is 11.6 Å². The van der Waals surface area contributed by atoms with Crippen molar-refractivity contribution in [3.05, 3.63) is 53.2 Å². The van der Waals surface area contributed by atoms with Gasteiger partial charge >= 0.3 is 0 Å². The molecule has 0 radical (unpaired) electrons. The summed E-state index contributed by atoms with van der Waals surface area (Å²) in [6.07, 6.45) is 2.68. The molecular formula is C23H34N4O3. The molecule has 0 amide bonds. The quantitative estimate of drug-likeness (QED) is 0.315. The third-order valence-corrected chi connectivity index (χ3v) is 4.32. The number of rotatable bonds is 12. The van der Waals surface area contributed by atoms with E-state index in [0.717, 1.165) is 28.9 Å². The highest BCUT2D eigenvalue weighted by molar-refractivity contribution is 5.79. The zero-order valence-corrected chi connectivity index (χ0v) is 18.5. The molecule has 0 aliphatic rings. The van der Waals surface area contributed by atoms with Crippen LogP contribution in [0.15, 0.2) is 41.5 Å². The highest BCUT2D eigenvalue weighted by Gasteiger charge is 2.08. The van der Waals surface area contributed by atoms with Crippen molar-refractivity contribution in [2.45, 2.75) is 40.3 Å². The SMILES string of the molecule is CCCOc1ncccc1CNC(=NC)NCc1ccc(C)cc1OCCOCC. The maximum Gasteiger partial charge on any atom is 0.218 e. The molecular weight excluding hydrogens is 380 g/mol. The zero-order chi connectivity index (χ0) is 21.6. The van der Waals surface area contributed by atoms with Crippen molar-refractivity contribution in [2.24, 2.45) is 4.99 Å². The van der Waals surface area contributed by atoms with Gasteiger partial charge in [0.2, 0.25) is 5.88 Å². The Morgan fingerprint density at radius 3 is 2.53 bits per heavy atom. The number of nitrogens with zero attached hydrogens (tertiary/aromatic N) is 2. The van der Waals surface area contributed by atoms with E-state index < -0.39 is 0 Å². The highest BCUT2D eigenvalue weighted by Crippen LogP contribution is 2.20. The lowest BCUT2D eigenvalue weighted by Gasteiger charge is -2.16. The predicted octanol–water partition coefficient (Wildman–Crippen LogP) is 3.46. The first-order valence-corrected chi connectivity index (χ1v) is 10.5. The molecule has 0 aliphatic heterocycles. The first kappa shape index (κ1) is 23.5. The van der Waals surface area contributed by atoms with Gasteiger partial charge in [-0.2, -0.15) is 0 Å². The largest absolute Gasteiger partial charge is 0.491 e. The number of guanidine groups is 1. The van der Waals surface area contributed by atoms with Crippen LogP contribution in [0, 0.1) is 6.92 Å². The molecule has 2 rings (SSSR count). The van der Waals surface area contributed by atoms with Gasteiger partial charge in [-0.05, 0) is 38.0 Å². The van der Waals surface area contributed by atoms with Crippen LogP contribution in [0.25, 0.3) is 0 Å². The number of aliphatic imine (C=N–C) groups is 1. The normalized spacial score (nSPS) is 11.3. The summed E-state index contributed by atoms with van der Waals surface area (Å²) in [6.45, 7) is 9.71. The summed E-state index contributed by atoms with van der Waals surface area (Å²) in [5.41, 5.74) is 3.21. The van der Waals surface area contributed by atoms with Crippen molar-refractivity contribution in [2.75, 3.05) is 33.5 Å². The zero-order valence-electron chi connectivity index (χ0n) is 18.5. The molecule has 0 bridgehead atoms. The van der Waals surface area contributed by atoms with Crippen LogP contribution in [0.1, 0.15) is 37.0 Å². The molecule has 2 N–H and O–H groups in total. The number of hydrogen-bond donors (Lipinski definition) is 2. The van der Waals surface area contributed by atoms with Crippen LogP contribution in [0.3, 0.4) is 0 Å². The maximum atomic E-state index is 5.92. The van der Waals surface area contributed by atoms with Gasteiger partial charge in [0.05, 0.1) is 13.2 Å². The summed E-state index contributed by atoms with van der Waals surface area (Å²) < 4.78 is 17.0. The first-order chi connectivity index (χ1) is 14.7. The number of aryl methyl sites for hydroxylation is 1. The Balaban J connectivity index is 1.93. The Labute approximate surface area is 179 Å². The molecule has 0 atom stereocenters. The average Bonchev–Trinajstić information content (AvgIpc) is 2.77. The molecule has 0 aliphatic carbocycles. The molecule has 7 nitrogen and oxygen atoms in total. The Kier molecular flexibility index (Phi) is 10.5. The number of benzene rings is 1. The molecule has 1 aromatic heterocycles. The summed E-state index contributed by atoms with van der Waals surface area (Å²) in [5.74, 6) is 2.21. The molecule has 0 spiro atoms. The highest BCUT2D eigenvalue weighted by atomic mass is 16.5. The van der Waals surface area contributed by atoms with E-state index in [1.54, 1.807) is 13.2 Å². The van der Waals surface area contributed by atoms with Crippen molar-refractivity contribution >= 4 is 5.96 Å². The number of aromatic nitrogens is 1. The van der Waals surface area contributed by atoms with E-state index >= 15 is 0 Å². The van der Waals surface area contributed by atoms with Crippen LogP contribution >= 0.6 is 0 Å². The van der Waals surface area contributed by atoms with Gasteiger partial charge in [0, 0.05) is 44.1 Å². The van der Waals surface area contributed by atoms with Crippen LogP contribution in [0.4, 0.5) is 0 Å². The van der Waals surface area contributed by atoms with Crippen LogP contribution in [-0.4, -0.2) is 44.4 Å². The molecule has 0 fully saturated rings. The Morgan fingerprint density at radius 1 is 1.00 bits per heavy atom. The third kappa shape index (κ3) is 7.91. The standard InChI is InChI=1S/C23H34N4O3/c1-5-12-30-22-20(8-7-11-25-22)17-27-23(24-4)26-16-19-10-9-18(3)15-21(19)29-14-13-28-6-2/h7-11,15H,5-6,12-14,16-17H2,1-4H3,(H2,24,26,27). The molecule has 2 aromatic rings. The van der Waals surface area contributed by atoms with Crippen LogP contribution < -0.4 is 20.1 Å². The van der Waals surface area contributed by atoms with Gasteiger partial charge in [-0.1, -0.05) is 25.1 Å². The number of hydrogen-bond acceptors (Lipinski definition) is 5. The lowest BCUT2D eigenvalue weighted by molar-refractivity contribution is 0.110. The lowest BCUT2D eigenvalue weighted by Crippen LogP contribution is -2.36. The smallest absolute Gasteiger partial charge is 0.218 e. The second-order valence-corrected chi connectivity index (χ2v) is 6.75. The van der Waals surface area contributed by atoms with Gasteiger partial charge in [0.25, 0.3) is 0 Å². The Morgan fingerprint density at radius 2 is 1.80 bits per heavy atom. The van der Waals surface area contributed by atoms with Gasteiger partial charge in [0.15, 0.2) is 5.96 Å². The number of nitrogens with one attached hydrogen (secondary N) is 2. The van der Waals surface area contributed by atoms with Gasteiger partial charge in [-0.25, -0.2) is 4.98 Å². The van der Waals surface area contributed by atoms with Crippen molar-refractivity contribution in [3.63, 3.8) is 0 Å². The second-order valence-electron chi connectivity index (χ2n) is 6.75. The van der Waals surface area contributed by atoms with Crippen molar-refractivity contribution in [1.29, 1.82) is 0 Å². The second kappa shape index (κ2) is 13.4. The molecule has 0 saturated carbocycles. The van der Waals surface area contributed by atoms with E-state index in [4.69, 9.17) is 14.2 Å². The third-order valence-electron chi connectivity index (χ3n) is 4.32. The lowest BCUT2D eigenvalue weighted by atomic mass is 10.1. The fourth-order valence-electron chi connectivity index (χ4n) is 2.76. The average molecular weight is 415 g/mol. The number of ether oxygens (including phenoxy) is 3. The van der Waals surface area contributed by atoms with E-state index in [1.165, 1.54) is 0 Å². The monoisotopic (exact) mass is 414 g/mol. The molecule has 0 unspecified atom stereocenters. The Hall–Kier alpha value is -2.80. The van der Waals surface area contributed by atoms with Crippen LogP contribution in [0.2, 0.25) is 0 Å². The summed E-state index contributed by atoms with van der Waals surface area (Å²) in [7, 11) is 1.75. The van der Waals surface area contributed by atoms with E-state index in [-0.39, 0.29) is 0 Å². The topological polar surface area (TPSA) is 77.0 Å². The fourth-order valence-corrected chi connectivity index (χ4v) is 2.76. The molecule has 30 heavy (non-hydrogen) atoms. The minimum atomic E-state index is 0.527. The minimum absolute atomic E-state index is 0.527.